The van der Waals surface area contributed by atoms with E-state index in [1.165, 1.54) is 11.1 Å². The molecule has 0 saturated heterocycles. The van der Waals surface area contributed by atoms with Crippen LogP contribution in [0.25, 0.3) is 0 Å². The molecule has 2 N–H and O–H groups in total. The van der Waals surface area contributed by atoms with Crippen LogP contribution < -0.4 is 10.1 Å². The van der Waals surface area contributed by atoms with Gasteiger partial charge in [-0.05, 0) is 54.2 Å². The summed E-state index contributed by atoms with van der Waals surface area (Å²) < 4.78 is 5.44. The Hall–Kier alpha value is -2.33. The third-order valence-corrected chi connectivity index (χ3v) is 4.45. The van der Waals surface area contributed by atoms with E-state index < -0.39 is 5.97 Å². The smallest absolute Gasteiger partial charge is 0.335 e. The zero-order chi connectivity index (χ0) is 16.2. The van der Waals surface area contributed by atoms with Crippen molar-refractivity contribution in [3.63, 3.8) is 0 Å². The Kier molecular flexibility index (Phi) is 4.63. The molecule has 0 amide bonds. The summed E-state index contributed by atoms with van der Waals surface area (Å²) in [5, 5.41) is 12.5. The van der Waals surface area contributed by atoms with E-state index in [0.29, 0.717) is 11.6 Å². The molecule has 3 rings (SSSR count). The average molecular weight is 311 g/mol. The molecule has 1 aliphatic carbocycles. The van der Waals surface area contributed by atoms with Crippen LogP contribution in [0.2, 0.25) is 0 Å². The minimum absolute atomic E-state index is 0.326. The molecular weight excluding hydrogens is 290 g/mol. The highest BCUT2D eigenvalue weighted by molar-refractivity contribution is 5.87. The van der Waals surface area contributed by atoms with Crippen LogP contribution in [-0.4, -0.2) is 24.2 Å². The van der Waals surface area contributed by atoms with Gasteiger partial charge in [0.15, 0.2) is 0 Å². The Morgan fingerprint density at radius 3 is 2.74 bits per heavy atom. The lowest BCUT2D eigenvalue weighted by atomic mass is 9.87. The largest absolute Gasteiger partial charge is 0.496 e. The number of carboxylic acids is 1. The molecule has 1 aliphatic rings. The number of hydrogen-bond acceptors (Lipinski definition) is 3. The number of hydrogen-bond donors (Lipinski definition) is 2. The highest BCUT2D eigenvalue weighted by Crippen LogP contribution is 2.29. The summed E-state index contributed by atoms with van der Waals surface area (Å²) in [4.78, 5) is 10.9. The van der Waals surface area contributed by atoms with Crippen LogP contribution in [0.5, 0.6) is 5.75 Å². The van der Waals surface area contributed by atoms with Crippen molar-refractivity contribution in [3.8, 4) is 5.75 Å². The molecule has 1 unspecified atom stereocenters. The Bertz CT molecular complexity index is 694. The van der Waals surface area contributed by atoms with Gasteiger partial charge in [-0.15, -0.1) is 0 Å². The fraction of sp³-hybridized carbons (Fsp3) is 0.316. The monoisotopic (exact) mass is 311 g/mol. The van der Waals surface area contributed by atoms with Gasteiger partial charge < -0.3 is 15.2 Å². The van der Waals surface area contributed by atoms with Gasteiger partial charge in [0.05, 0.1) is 12.7 Å². The molecule has 0 aromatic heterocycles. The van der Waals surface area contributed by atoms with Crippen molar-refractivity contribution in [2.24, 2.45) is 0 Å². The molecule has 0 radical (unpaired) electrons. The van der Waals surface area contributed by atoms with E-state index in [2.05, 4.69) is 11.4 Å². The number of nitrogens with one attached hydrogen (secondary N) is 1. The van der Waals surface area contributed by atoms with Crippen molar-refractivity contribution in [1.29, 1.82) is 0 Å². The predicted molar refractivity (Wildman–Crippen MR) is 89.0 cm³/mol. The van der Waals surface area contributed by atoms with Gasteiger partial charge in [-0.25, -0.2) is 4.79 Å². The molecule has 0 spiro atoms. The lowest BCUT2D eigenvalue weighted by Gasteiger charge is -2.27. The molecule has 0 aliphatic heterocycles. The van der Waals surface area contributed by atoms with Gasteiger partial charge in [-0.3, -0.25) is 0 Å². The summed E-state index contributed by atoms with van der Waals surface area (Å²) in [5.41, 5.74) is 4.12. The zero-order valence-corrected chi connectivity index (χ0v) is 13.2. The molecule has 23 heavy (non-hydrogen) atoms. The van der Waals surface area contributed by atoms with Gasteiger partial charge in [0.25, 0.3) is 0 Å². The third kappa shape index (κ3) is 3.54. The Balaban J connectivity index is 1.60. The van der Waals surface area contributed by atoms with Crippen molar-refractivity contribution in [1.82, 2.24) is 5.32 Å². The molecule has 2 aromatic rings. The second-order valence-electron chi connectivity index (χ2n) is 5.92. The average Bonchev–Trinajstić information content (AvgIpc) is 2.59. The summed E-state index contributed by atoms with van der Waals surface area (Å²) in [6, 6.07) is 13.7. The van der Waals surface area contributed by atoms with E-state index >= 15 is 0 Å². The summed E-state index contributed by atoms with van der Waals surface area (Å²) in [5.74, 6) is 0.104. The van der Waals surface area contributed by atoms with E-state index in [0.717, 1.165) is 37.1 Å². The summed E-state index contributed by atoms with van der Waals surface area (Å²) in [6.45, 7) is 0.754. The molecule has 120 valence electrons. The maximum Gasteiger partial charge on any atom is 0.335 e. The molecular formula is C19H21NO3. The zero-order valence-electron chi connectivity index (χ0n) is 13.2. The molecule has 4 heteroatoms. The van der Waals surface area contributed by atoms with Crippen molar-refractivity contribution in [3.05, 3.63) is 64.7 Å². The maximum atomic E-state index is 10.9. The second kappa shape index (κ2) is 6.84. The molecule has 4 nitrogen and oxygen atoms in total. The Morgan fingerprint density at radius 2 is 2.04 bits per heavy atom. The van der Waals surface area contributed by atoms with Crippen molar-refractivity contribution in [2.75, 3.05) is 7.11 Å². The summed E-state index contributed by atoms with van der Waals surface area (Å²) in [7, 11) is 1.72. The van der Waals surface area contributed by atoms with Gasteiger partial charge in [-0.2, -0.15) is 0 Å². The van der Waals surface area contributed by atoms with Gasteiger partial charge >= 0.3 is 5.97 Å². The number of fused-ring (bicyclic) bond motifs is 1. The van der Waals surface area contributed by atoms with Gasteiger partial charge in [0.2, 0.25) is 0 Å². The van der Waals surface area contributed by atoms with E-state index in [4.69, 9.17) is 9.84 Å². The first kappa shape index (κ1) is 15.6. The Morgan fingerprint density at radius 1 is 1.26 bits per heavy atom. The van der Waals surface area contributed by atoms with Crippen LogP contribution in [0.4, 0.5) is 0 Å². The van der Waals surface area contributed by atoms with E-state index in [9.17, 15) is 4.79 Å². The van der Waals surface area contributed by atoms with Crippen LogP contribution in [-0.2, 0) is 19.4 Å². The van der Waals surface area contributed by atoms with E-state index in [1.807, 2.05) is 24.3 Å². The molecule has 0 heterocycles. The first-order valence-electron chi connectivity index (χ1n) is 7.87. The molecule has 0 bridgehead atoms. The Labute approximate surface area is 136 Å². The maximum absolute atomic E-state index is 10.9. The minimum atomic E-state index is -0.887. The number of ether oxygens (including phenoxy) is 1. The lowest BCUT2D eigenvalue weighted by Crippen LogP contribution is -2.34. The van der Waals surface area contributed by atoms with Crippen LogP contribution in [0.15, 0.2) is 42.5 Å². The van der Waals surface area contributed by atoms with Gasteiger partial charge in [0, 0.05) is 12.6 Å². The number of carboxylic acid groups (broad SMARTS) is 1. The molecule has 1 atom stereocenters. The standard InChI is InChI=1S/C19H21NO3/c1-23-18-4-2-3-15-11-16(9-10-17(15)18)20-12-13-5-7-14(8-6-13)19(21)22/h2-8,16,20H,9-12H2,1H3,(H,21,22). The van der Waals surface area contributed by atoms with Crippen LogP contribution in [0, 0.1) is 0 Å². The normalized spacial score (nSPS) is 16.7. The van der Waals surface area contributed by atoms with E-state index in [1.54, 1.807) is 19.2 Å². The van der Waals surface area contributed by atoms with Crippen molar-refractivity contribution >= 4 is 5.97 Å². The van der Waals surface area contributed by atoms with Crippen LogP contribution in [0.3, 0.4) is 0 Å². The van der Waals surface area contributed by atoms with Crippen LogP contribution in [0.1, 0.15) is 33.5 Å². The number of rotatable bonds is 5. The minimum Gasteiger partial charge on any atom is -0.496 e. The lowest BCUT2D eigenvalue weighted by molar-refractivity contribution is 0.0697. The third-order valence-electron chi connectivity index (χ3n) is 4.45. The number of aromatic carboxylic acids is 1. The first-order chi connectivity index (χ1) is 11.2. The second-order valence-corrected chi connectivity index (χ2v) is 5.92. The highest BCUT2D eigenvalue weighted by Gasteiger charge is 2.20. The number of benzene rings is 2. The van der Waals surface area contributed by atoms with E-state index in [-0.39, 0.29) is 0 Å². The number of carbonyl (C=O) groups is 1. The first-order valence-corrected chi connectivity index (χ1v) is 7.87. The topological polar surface area (TPSA) is 58.6 Å². The SMILES string of the molecule is COc1cccc2c1CCC(NCc1ccc(C(=O)O)cc1)C2. The van der Waals surface area contributed by atoms with Gasteiger partial charge in [-0.1, -0.05) is 24.3 Å². The fourth-order valence-corrected chi connectivity index (χ4v) is 3.17. The summed E-state index contributed by atoms with van der Waals surface area (Å²) in [6.07, 6.45) is 3.11. The quantitative estimate of drug-likeness (QED) is 0.891. The van der Waals surface area contributed by atoms with Gasteiger partial charge in [0.1, 0.15) is 5.75 Å². The molecule has 0 saturated carbocycles. The van der Waals surface area contributed by atoms with Crippen LogP contribution >= 0.6 is 0 Å². The predicted octanol–water partition coefficient (Wildman–Crippen LogP) is 3.04. The highest BCUT2D eigenvalue weighted by atomic mass is 16.5. The fourth-order valence-electron chi connectivity index (χ4n) is 3.17. The van der Waals surface area contributed by atoms with Crippen molar-refractivity contribution in [2.45, 2.75) is 31.8 Å². The molecule has 2 aromatic carbocycles. The molecule has 0 fully saturated rings. The number of methoxy groups -OCH3 is 1. The summed E-state index contributed by atoms with van der Waals surface area (Å²) >= 11 is 0. The van der Waals surface area contributed by atoms with Crippen molar-refractivity contribution < 1.29 is 14.6 Å².